The molecule has 0 spiro atoms. The third-order valence-corrected chi connectivity index (χ3v) is 7.55. The summed E-state index contributed by atoms with van der Waals surface area (Å²) in [5, 5.41) is 0. The van der Waals surface area contributed by atoms with Crippen LogP contribution in [0, 0.1) is 19.8 Å². The van der Waals surface area contributed by atoms with Crippen molar-refractivity contribution in [2.45, 2.75) is 36.5 Å². The van der Waals surface area contributed by atoms with Gasteiger partial charge in [-0.2, -0.15) is 0 Å². The molecule has 1 saturated carbocycles. The highest BCUT2D eigenvalue weighted by atomic mass is 32.2. The molecule has 0 bridgehead atoms. The molecule has 1 fully saturated rings. The van der Waals surface area contributed by atoms with E-state index in [9.17, 15) is 13.2 Å². The van der Waals surface area contributed by atoms with Crippen LogP contribution in [0.3, 0.4) is 0 Å². The van der Waals surface area contributed by atoms with Gasteiger partial charge in [0.25, 0.3) is 10.0 Å². The molecule has 142 valence electrons. The first-order valence-electron chi connectivity index (χ1n) is 9.04. The number of hydrogen-bond donors (Lipinski definition) is 1. The number of nitrogens with one attached hydrogen (secondary N) is 1. The summed E-state index contributed by atoms with van der Waals surface area (Å²) in [5.41, 5.74) is 3.22. The van der Waals surface area contributed by atoms with E-state index in [1.807, 2.05) is 32.0 Å². The Labute approximate surface area is 164 Å². The first-order chi connectivity index (χ1) is 12.9. The number of nitrogens with zero attached hydrogens (tertiary/aromatic N) is 1. The summed E-state index contributed by atoms with van der Waals surface area (Å²) in [6.07, 6.45) is 1.87. The first-order valence-corrected chi connectivity index (χ1v) is 11.5. The number of thioether (sulfide) groups is 1. The predicted molar refractivity (Wildman–Crippen MR) is 109 cm³/mol. The van der Waals surface area contributed by atoms with Crippen LogP contribution in [-0.4, -0.2) is 26.6 Å². The van der Waals surface area contributed by atoms with Crippen molar-refractivity contribution in [1.82, 2.24) is 0 Å². The summed E-state index contributed by atoms with van der Waals surface area (Å²) in [5.74, 6) is 1.06. The van der Waals surface area contributed by atoms with Gasteiger partial charge in [0.2, 0.25) is 5.91 Å². The van der Waals surface area contributed by atoms with E-state index in [1.54, 1.807) is 34.9 Å². The van der Waals surface area contributed by atoms with Crippen molar-refractivity contribution in [2.75, 3.05) is 21.9 Å². The average molecular weight is 403 g/mol. The van der Waals surface area contributed by atoms with Crippen molar-refractivity contribution in [3.63, 3.8) is 0 Å². The molecule has 5 nitrogen and oxygen atoms in total. The van der Waals surface area contributed by atoms with E-state index in [0.29, 0.717) is 17.9 Å². The number of sulfonamides is 1. The van der Waals surface area contributed by atoms with Crippen molar-refractivity contribution in [1.29, 1.82) is 0 Å². The van der Waals surface area contributed by atoms with Crippen molar-refractivity contribution >= 4 is 39.1 Å². The number of amides is 1. The van der Waals surface area contributed by atoms with Crippen molar-refractivity contribution < 1.29 is 13.2 Å². The molecule has 1 aliphatic heterocycles. The van der Waals surface area contributed by atoms with Gasteiger partial charge >= 0.3 is 0 Å². The summed E-state index contributed by atoms with van der Waals surface area (Å²) in [7, 11) is -3.74. The number of carbonyl (C=O) groups excluding carboxylic acids is 1. The Balaban J connectivity index is 1.68. The van der Waals surface area contributed by atoms with Crippen molar-refractivity contribution in [3.8, 4) is 0 Å². The van der Waals surface area contributed by atoms with Gasteiger partial charge in [0, 0.05) is 23.1 Å². The van der Waals surface area contributed by atoms with Crippen LogP contribution >= 0.6 is 11.8 Å². The van der Waals surface area contributed by atoms with Gasteiger partial charge in [0.05, 0.1) is 16.3 Å². The minimum absolute atomic E-state index is 0.106. The SMILES string of the molecule is Cc1cccc(NS(=O)(=O)c2ccc3c(c2)N(C(=O)C2CC2)CCS3)c1C. The highest BCUT2D eigenvalue weighted by Gasteiger charge is 2.36. The van der Waals surface area contributed by atoms with Crippen LogP contribution in [0.15, 0.2) is 46.2 Å². The number of rotatable bonds is 4. The summed E-state index contributed by atoms with van der Waals surface area (Å²) in [6, 6.07) is 10.6. The molecule has 2 aliphatic rings. The molecule has 1 aliphatic carbocycles. The molecule has 7 heteroatoms. The fourth-order valence-electron chi connectivity index (χ4n) is 3.21. The summed E-state index contributed by atoms with van der Waals surface area (Å²) in [4.78, 5) is 15.5. The Morgan fingerprint density at radius 2 is 1.96 bits per heavy atom. The van der Waals surface area contributed by atoms with Crippen LogP contribution in [0.1, 0.15) is 24.0 Å². The van der Waals surface area contributed by atoms with Gasteiger partial charge < -0.3 is 4.90 Å². The third kappa shape index (κ3) is 3.58. The molecule has 0 aromatic heterocycles. The van der Waals surface area contributed by atoms with Crippen LogP contribution in [0.25, 0.3) is 0 Å². The fourth-order valence-corrected chi connectivity index (χ4v) is 5.33. The standard InChI is InChI=1S/C20H22N2O3S2/c1-13-4-3-5-17(14(13)2)21-27(24,25)16-8-9-19-18(12-16)22(10-11-26-19)20(23)15-6-7-15/h3-5,8-9,12,15,21H,6-7,10-11H2,1-2H3. The second kappa shape index (κ2) is 6.87. The molecular weight excluding hydrogens is 380 g/mol. The highest BCUT2D eigenvalue weighted by molar-refractivity contribution is 7.99. The predicted octanol–water partition coefficient (Wildman–Crippen LogP) is 3.95. The quantitative estimate of drug-likeness (QED) is 0.841. The van der Waals surface area contributed by atoms with E-state index in [2.05, 4.69) is 4.72 Å². The number of benzene rings is 2. The maximum atomic E-state index is 13.0. The van der Waals surface area contributed by atoms with Gasteiger partial charge in [-0.1, -0.05) is 12.1 Å². The highest BCUT2D eigenvalue weighted by Crippen LogP contribution is 2.40. The first kappa shape index (κ1) is 18.4. The van der Waals surface area contributed by atoms with Gasteiger partial charge in [-0.3, -0.25) is 9.52 Å². The van der Waals surface area contributed by atoms with E-state index in [0.717, 1.165) is 34.6 Å². The molecule has 4 rings (SSSR count). The Bertz CT molecular complexity index is 1010. The smallest absolute Gasteiger partial charge is 0.261 e. The van der Waals surface area contributed by atoms with E-state index in [4.69, 9.17) is 0 Å². The monoisotopic (exact) mass is 402 g/mol. The Morgan fingerprint density at radius 1 is 1.19 bits per heavy atom. The van der Waals surface area contributed by atoms with E-state index in [-0.39, 0.29) is 16.7 Å². The molecular formula is C20H22N2O3S2. The molecule has 1 amide bonds. The topological polar surface area (TPSA) is 66.5 Å². The summed E-state index contributed by atoms with van der Waals surface area (Å²) in [6.45, 7) is 4.47. The lowest BCUT2D eigenvalue weighted by atomic mass is 10.1. The molecule has 0 atom stereocenters. The summed E-state index contributed by atoms with van der Waals surface area (Å²) < 4.78 is 28.6. The maximum Gasteiger partial charge on any atom is 0.261 e. The molecule has 0 unspecified atom stereocenters. The lowest BCUT2D eigenvalue weighted by Crippen LogP contribution is -2.36. The van der Waals surface area contributed by atoms with Crippen molar-refractivity contribution in [2.24, 2.45) is 5.92 Å². The summed E-state index contributed by atoms with van der Waals surface area (Å²) >= 11 is 1.66. The van der Waals surface area contributed by atoms with Crippen LogP contribution < -0.4 is 9.62 Å². The molecule has 0 saturated heterocycles. The molecule has 2 aromatic carbocycles. The van der Waals surface area contributed by atoms with Gasteiger partial charge in [-0.05, 0) is 62.1 Å². The van der Waals surface area contributed by atoms with Crippen molar-refractivity contribution in [3.05, 3.63) is 47.5 Å². The number of fused-ring (bicyclic) bond motifs is 1. The van der Waals surface area contributed by atoms with Crippen LogP contribution in [0.5, 0.6) is 0 Å². The Kier molecular flexibility index (Phi) is 4.68. The normalized spacial score (nSPS) is 16.7. The number of aryl methyl sites for hydroxylation is 1. The van der Waals surface area contributed by atoms with Gasteiger partial charge in [0.1, 0.15) is 0 Å². The number of carbonyl (C=O) groups is 1. The maximum absolute atomic E-state index is 13.0. The lowest BCUT2D eigenvalue weighted by Gasteiger charge is -2.29. The van der Waals surface area contributed by atoms with E-state index in [1.165, 1.54) is 0 Å². The minimum Gasteiger partial charge on any atom is -0.310 e. The molecule has 0 radical (unpaired) electrons. The Hall–Kier alpha value is -1.99. The van der Waals surface area contributed by atoms with Gasteiger partial charge in [-0.15, -0.1) is 11.8 Å². The second-order valence-corrected chi connectivity index (χ2v) is 9.91. The largest absolute Gasteiger partial charge is 0.310 e. The zero-order chi connectivity index (χ0) is 19.2. The third-order valence-electron chi connectivity index (χ3n) is 5.15. The number of hydrogen-bond acceptors (Lipinski definition) is 4. The molecule has 2 aromatic rings. The zero-order valence-electron chi connectivity index (χ0n) is 15.4. The lowest BCUT2D eigenvalue weighted by molar-refractivity contribution is -0.119. The average Bonchev–Trinajstić information content (AvgIpc) is 3.49. The van der Waals surface area contributed by atoms with Gasteiger partial charge in [0.15, 0.2) is 0 Å². The van der Waals surface area contributed by atoms with E-state index < -0.39 is 10.0 Å². The second-order valence-electron chi connectivity index (χ2n) is 7.10. The molecule has 27 heavy (non-hydrogen) atoms. The zero-order valence-corrected chi connectivity index (χ0v) is 17.0. The number of anilines is 2. The fraction of sp³-hybridized carbons (Fsp3) is 0.350. The van der Waals surface area contributed by atoms with Crippen LogP contribution in [0.4, 0.5) is 11.4 Å². The van der Waals surface area contributed by atoms with E-state index >= 15 is 0 Å². The minimum atomic E-state index is -3.74. The van der Waals surface area contributed by atoms with Crippen LogP contribution in [0.2, 0.25) is 0 Å². The van der Waals surface area contributed by atoms with Gasteiger partial charge in [-0.25, -0.2) is 8.42 Å². The molecule has 1 N–H and O–H groups in total. The molecule has 1 heterocycles. The van der Waals surface area contributed by atoms with Crippen LogP contribution in [-0.2, 0) is 14.8 Å². The Morgan fingerprint density at radius 3 is 2.70 bits per heavy atom.